The van der Waals surface area contributed by atoms with E-state index in [0.29, 0.717) is 11.6 Å². The molecule has 1 aromatic carbocycles. The van der Waals surface area contributed by atoms with E-state index < -0.39 is 30.4 Å². The van der Waals surface area contributed by atoms with Gasteiger partial charge in [0.15, 0.2) is 6.61 Å². The first kappa shape index (κ1) is 18.7. The van der Waals surface area contributed by atoms with Crippen LogP contribution in [0.3, 0.4) is 0 Å². The predicted molar refractivity (Wildman–Crippen MR) is 88.5 cm³/mol. The largest absolute Gasteiger partial charge is 0.455 e. The number of rotatable bonds is 5. The van der Waals surface area contributed by atoms with Crippen LogP contribution in [0, 0.1) is 5.92 Å². The maximum absolute atomic E-state index is 12.1. The van der Waals surface area contributed by atoms with Crippen LogP contribution in [0.25, 0.3) is 0 Å². The van der Waals surface area contributed by atoms with Crippen molar-refractivity contribution in [1.29, 1.82) is 0 Å². The fourth-order valence-corrected chi connectivity index (χ4v) is 2.59. The average Bonchev–Trinajstić information content (AvgIpc) is 2.95. The Morgan fingerprint density at radius 3 is 2.72 bits per heavy atom. The van der Waals surface area contributed by atoms with Crippen LogP contribution in [0.5, 0.6) is 0 Å². The Labute approximate surface area is 149 Å². The Morgan fingerprint density at radius 2 is 2.04 bits per heavy atom. The number of hydrogen-bond donors (Lipinski definition) is 2. The zero-order chi connectivity index (χ0) is 18.4. The molecule has 25 heavy (non-hydrogen) atoms. The lowest BCUT2D eigenvalue weighted by Gasteiger charge is -2.17. The second-order valence-electron chi connectivity index (χ2n) is 5.50. The fraction of sp³-hybridized carbons (Fsp3) is 0.375. The number of esters is 1. The van der Waals surface area contributed by atoms with Crippen LogP contribution in [-0.2, 0) is 25.7 Å². The van der Waals surface area contributed by atoms with Gasteiger partial charge in [-0.15, -0.1) is 0 Å². The topological polar surface area (TPSA) is 105 Å². The number of halogens is 1. The van der Waals surface area contributed by atoms with E-state index in [0.717, 1.165) is 5.56 Å². The van der Waals surface area contributed by atoms with Gasteiger partial charge in [-0.25, -0.2) is 4.79 Å². The minimum atomic E-state index is -0.745. The first-order valence-electron chi connectivity index (χ1n) is 7.60. The third kappa shape index (κ3) is 5.18. The van der Waals surface area contributed by atoms with Crippen molar-refractivity contribution in [3.63, 3.8) is 0 Å². The number of hydrogen-bond acceptors (Lipinski definition) is 5. The summed E-state index contributed by atoms with van der Waals surface area (Å²) in [7, 11) is 1.35. The van der Waals surface area contributed by atoms with E-state index in [-0.39, 0.29) is 18.9 Å². The molecule has 2 rings (SSSR count). The molecule has 1 aliphatic rings. The summed E-state index contributed by atoms with van der Waals surface area (Å²) in [6, 6.07) is 6.46. The maximum atomic E-state index is 12.1. The number of imide groups is 1. The van der Waals surface area contributed by atoms with Gasteiger partial charge in [0.25, 0.3) is 5.91 Å². The monoisotopic (exact) mass is 367 g/mol. The Balaban J connectivity index is 1.85. The highest BCUT2D eigenvalue weighted by Gasteiger charge is 2.35. The lowest BCUT2D eigenvalue weighted by atomic mass is 10.1. The Morgan fingerprint density at radius 1 is 1.32 bits per heavy atom. The van der Waals surface area contributed by atoms with Crippen LogP contribution in [0.2, 0.25) is 5.02 Å². The van der Waals surface area contributed by atoms with E-state index >= 15 is 0 Å². The molecule has 9 heteroatoms. The second kappa shape index (κ2) is 8.48. The summed E-state index contributed by atoms with van der Waals surface area (Å²) in [5, 5.41) is 4.73. The molecule has 1 saturated heterocycles. The van der Waals surface area contributed by atoms with Gasteiger partial charge in [0, 0.05) is 31.6 Å². The highest BCUT2D eigenvalue weighted by molar-refractivity contribution is 6.31. The molecule has 1 fully saturated rings. The molecule has 4 amide bonds. The van der Waals surface area contributed by atoms with Crippen LogP contribution in [0.15, 0.2) is 24.3 Å². The number of amides is 4. The third-order valence-corrected chi connectivity index (χ3v) is 4.06. The molecule has 1 aliphatic heterocycles. The highest BCUT2D eigenvalue weighted by atomic mass is 35.5. The molecule has 0 saturated carbocycles. The smallest absolute Gasteiger partial charge is 0.321 e. The molecule has 1 atom stereocenters. The van der Waals surface area contributed by atoms with Gasteiger partial charge >= 0.3 is 12.0 Å². The zero-order valence-corrected chi connectivity index (χ0v) is 14.3. The Bertz CT molecular complexity index is 694. The van der Waals surface area contributed by atoms with Gasteiger partial charge < -0.3 is 15.0 Å². The minimum absolute atomic E-state index is 0.0142. The van der Waals surface area contributed by atoms with Crippen molar-refractivity contribution in [3.8, 4) is 0 Å². The number of ether oxygens (including phenoxy) is 1. The first-order valence-corrected chi connectivity index (χ1v) is 7.98. The van der Waals surface area contributed by atoms with Crippen molar-refractivity contribution in [1.82, 2.24) is 15.5 Å². The van der Waals surface area contributed by atoms with Crippen LogP contribution in [-0.4, -0.2) is 48.9 Å². The summed E-state index contributed by atoms with van der Waals surface area (Å²) in [4.78, 5) is 48.0. The summed E-state index contributed by atoms with van der Waals surface area (Å²) in [6.45, 7) is -0.0825. The van der Waals surface area contributed by atoms with Crippen molar-refractivity contribution in [3.05, 3.63) is 34.9 Å². The summed E-state index contributed by atoms with van der Waals surface area (Å²) in [5.74, 6) is -2.23. The molecule has 0 spiro atoms. The molecule has 0 aromatic heterocycles. The molecular weight excluding hydrogens is 350 g/mol. The fourth-order valence-electron chi connectivity index (χ4n) is 2.39. The van der Waals surface area contributed by atoms with Crippen LogP contribution in [0.4, 0.5) is 4.79 Å². The van der Waals surface area contributed by atoms with Crippen molar-refractivity contribution in [2.24, 2.45) is 5.92 Å². The number of nitrogens with zero attached hydrogens (tertiary/aromatic N) is 1. The Kier molecular flexibility index (Phi) is 6.35. The van der Waals surface area contributed by atoms with E-state index in [1.165, 1.54) is 11.9 Å². The standard InChI is InChI=1S/C16H18ClN3O5/c1-18-16(24)19-13(21)9-25-15(23)11-6-14(22)20(8-11)7-10-4-2-3-5-12(10)17/h2-5,11H,6-9H2,1H3,(H2,18,19,21,24)/t11-/m1/s1. The summed E-state index contributed by atoms with van der Waals surface area (Å²) in [6.07, 6.45) is 0.0142. The van der Waals surface area contributed by atoms with Crippen LogP contribution < -0.4 is 10.6 Å². The molecule has 0 aliphatic carbocycles. The highest BCUT2D eigenvalue weighted by Crippen LogP contribution is 2.24. The quantitative estimate of drug-likeness (QED) is 0.745. The molecule has 2 N–H and O–H groups in total. The molecule has 0 unspecified atom stereocenters. The maximum Gasteiger partial charge on any atom is 0.321 e. The molecule has 134 valence electrons. The third-order valence-electron chi connectivity index (χ3n) is 3.69. The van der Waals surface area contributed by atoms with Gasteiger partial charge in [0.2, 0.25) is 5.91 Å². The number of nitrogens with one attached hydrogen (secondary N) is 2. The summed E-state index contributed by atoms with van der Waals surface area (Å²) in [5.41, 5.74) is 0.788. The summed E-state index contributed by atoms with van der Waals surface area (Å²) >= 11 is 6.08. The Hall–Kier alpha value is -2.61. The SMILES string of the molecule is CNC(=O)NC(=O)COC(=O)[C@@H]1CC(=O)N(Cc2ccccc2Cl)C1. The number of benzene rings is 1. The normalized spacial score (nSPS) is 16.5. The predicted octanol–water partition coefficient (Wildman–Crippen LogP) is 0.687. The lowest BCUT2D eigenvalue weighted by molar-refractivity contribution is -0.152. The van der Waals surface area contributed by atoms with Crippen molar-refractivity contribution in [2.45, 2.75) is 13.0 Å². The van der Waals surface area contributed by atoms with Gasteiger partial charge in [-0.3, -0.25) is 19.7 Å². The number of carbonyl (C=O) groups excluding carboxylic acids is 4. The molecule has 0 bridgehead atoms. The molecule has 1 aromatic rings. The van der Waals surface area contributed by atoms with Gasteiger partial charge in [-0.05, 0) is 11.6 Å². The number of likely N-dealkylation sites (tertiary alicyclic amines) is 1. The number of urea groups is 1. The molecule has 8 nitrogen and oxygen atoms in total. The molecule has 0 radical (unpaired) electrons. The molecular formula is C16H18ClN3O5. The van der Waals surface area contributed by atoms with Crippen molar-refractivity contribution in [2.75, 3.05) is 20.2 Å². The van der Waals surface area contributed by atoms with E-state index in [9.17, 15) is 19.2 Å². The molecule has 1 heterocycles. The van der Waals surface area contributed by atoms with Gasteiger partial charge in [-0.1, -0.05) is 29.8 Å². The average molecular weight is 368 g/mol. The minimum Gasteiger partial charge on any atom is -0.455 e. The summed E-state index contributed by atoms with van der Waals surface area (Å²) < 4.78 is 4.87. The van der Waals surface area contributed by atoms with Gasteiger partial charge in [0.05, 0.1) is 5.92 Å². The van der Waals surface area contributed by atoms with Gasteiger partial charge in [-0.2, -0.15) is 0 Å². The lowest BCUT2D eigenvalue weighted by Crippen LogP contribution is -2.40. The first-order chi connectivity index (χ1) is 11.9. The van der Waals surface area contributed by atoms with E-state index in [2.05, 4.69) is 5.32 Å². The van der Waals surface area contributed by atoms with Gasteiger partial charge in [0.1, 0.15) is 0 Å². The zero-order valence-electron chi connectivity index (χ0n) is 13.6. The van der Waals surface area contributed by atoms with E-state index in [1.54, 1.807) is 12.1 Å². The van der Waals surface area contributed by atoms with Crippen molar-refractivity contribution >= 4 is 35.4 Å². The van der Waals surface area contributed by atoms with Crippen LogP contribution >= 0.6 is 11.6 Å². The van der Waals surface area contributed by atoms with Crippen LogP contribution in [0.1, 0.15) is 12.0 Å². The van der Waals surface area contributed by atoms with E-state index in [1.807, 2.05) is 17.4 Å². The number of carbonyl (C=O) groups is 4. The van der Waals surface area contributed by atoms with E-state index in [4.69, 9.17) is 16.3 Å². The second-order valence-corrected chi connectivity index (χ2v) is 5.91. The van der Waals surface area contributed by atoms with Crippen molar-refractivity contribution < 1.29 is 23.9 Å².